The molecular weight excluding hydrogens is 518 g/mol. The van der Waals surface area contributed by atoms with Crippen molar-refractivity contribution in [3.05, 3.63) is 93.3 Å². The Labute approximate surface area is 218 Å². The van der Waals surface area contributed by atoms with Crippen molar-refractivity contribution in [2.24, 2.45) is 0 Å². The number of hydrogen-bond acceptors (Lipinski definition) is 8. The van der Waals surface area contributed by atoms with Gasteiger partial charge < -0.3 is 10.4 Å². The van der Waals surface area contributed by atoms with Gasteiger partial charge in [0.05, 0.1) is 16.0 Å². The third-order valence-corrected chi connectivity index (χ3v) is 8.96. The number of aliphatic carboxylic acids is 1. The van der Waals surface area contributed by atoms with Gasteiger partial charge in [-0.1, -0.05) is 42.1 Å². The van der Waals surface area contributed by atoms with Crippen LogP contribution in [0.2, 0.25) is 0 Å². The Morgan fingerprint density at radius 1 is 1.19 bits per heavy atom. The molecule has 1 saturated heterocycles. The van der Waals surface area contributed by atoms with E-state index in [-0.39, 0.29) is 23.5 Å². The van der Waals surface area contributed by atoms with Crippen LogP contribution in [-0.4, -0.2) is 49.9 Å². The second kappa shape index (κ2) is 10.3. The summed E-state index contributed by atoms with van der Waals surface area (Å²) in [5.74, 6) is -1.56. The second-order valence-electron chi connectivity index (χ2n) is 8.00. The number of carbonyl (C=O) groups is 3. The Balaban J connectivity index is 1.29. The van der Waals surface area contributed by atoms with E-state index >= 15 is 0 Å². The highest BCUT2D eigenvalue weighted by Crippen LogP contribution is 2.41. The van der Waals surface area contributed by atoms with Gasteiger partial charge in [0.15, 0.2) is 5.43 Å². The van der Waals surface area contributed by atoms with E-state index in [4.69, 9.17) is 0 Å². The zero-order valence-corrected chi connectivity index (χ0v) is 21.1. The summed E-state index contributed by atoms with van der Waals surface area (Å²) in [6, 6.07) is 13.4. The number of rotatable bonds is 7. The second-order valence-corrected chi connectivity index (χ2v) is 11.3. The summed E-state index contributed by atoms with van der Waals surface area (Å²) in [6.07, 6.45) is 3.43. The lowest BCUT2D eigenvalue weighted by Gasteiger charge is -2.49. The van der Waals surface area contributed by atoms with Crippen LogP contribution in [-0.2, 0) is 20.8 Å². The minimum Gasteiger partial charge on any atom is -0.477 e. The lowest BCUT2D eigenvalue weighted by Crippen LogP contribution is -2.70. The number of β-lactam (4-membered cyclic amide) rings is 1. The topological polar surface area (TPSA) is 117 Å². The number of hydrogen-bond donors (Lipinski definition) is 2. The Bertz CT molecular complexity index is 1490. The molecule has 0 spiro atoms. The number of nitrogens with zero attached hydrogens (tertiary/aromatic N) is 2. The van der Waals surface area contributed by atoms with Crippen molar-refractivity contribution in [3.63, 3.8) is 0 Å². The van der Waals surface area contributed by atoms with Gasteiger partial charge in [-0.25, -0.2) is 9.78 Å². The predicted molar refractivity (Wildman–Crippen MR) is 141 cm³/mol. The molecule has 0 saturated carbocycles. The molecule has 2 atom stereocenters. The molecule has 1 aromatic carbocycles. The number of thioether (sulfide) groups is 2. The van der Waals surface area contributed by atoms with Crippen molar-refractivity contribution < 1.29 is 19.5 Å². The van der Waals surface area contributed by atoms with E-state index in [0.29, 0.717) is 21.5 Å². The first-order chi connectivity index (χ1) is 17.4. The number of amides is 2. The Morgan fingerprint density at radius 3 is 2.78 bits per heavy atom. The summed E-state index contributed by atoms with van der Waals surface area (Å²) in [5, 5.41) is 14.4. The largest absolute Gasteiger partial charge is 0.477 e. The van der Waals surface area contributed by atoms with Crippen LogP contribution in [0.3, 0.4) is 0 Å². The monoisotopic (exact) mass is 537 g/mol. The fraction of sp³-hybridized carbons (Fsp3) is 0.160. The molecule has 2 aliphatic heterocycles. The average Bonchev–Trinajstić information content (AvgIpc) is 2.87. The SMILES string of the molecule is O=C(Cc1ccccc1)NC1C(=O)N2C(C(=O)O)=C(/C=C/Sc3cc(=O)c4cccnc4s3)CS[C@H]12. The molecule has 36 heavy (non-hydrogen) atoms. The molecule has 8 nitrogen and oxygen atoms in total. The molecule has 11 heteroatoms. The third kappa shape index (κ3) is 4.81. The van der Waals surface area contributed by atoms with Crippen LogP contribution in [0.1, 0.15) is 5.56 Å². The molecule has 2 amide bonds. The first-order valence-corrected chi connectivity index (χ1v) is 13.6. The van der Waals surface area contributed by atoms with Gasteiger partial charge in [-0.15, -0.1) is 23.1 Å². The maximum Gasteiger partial charge on any atom is 0.352 e. The molecule has 0 aliphatic carbocycles. The molecule has 0 bridgehead atoms. The van der Waals surface area contributed by atoms with E-state index in [2.05, 4.69) is 10.3 Å². The van der Waals surface area contributed by atoms with Crippen LogP contribution in [0.5, 0.6) is 0 Å². The first kappa shape index (κ1) is 24.3. The minimum atomic E-state index is -1.20. The highest BCUT2D eigenvalue weighted by atomic mass is 32.2. The summed E-state index contributed by atoms with van der Waals surface area (Å²) in [4.78, 5) is 55.7. The van der Waals surface area contributed by atoms with Gasteiger partial charge >= 0.3 is 5.97 Å². The Kier molecular flexibility index (Phi) is 6.95. The van der Waals surface area contributed by atoms with Crippen LogP contribution in [0.15, 0.2) is 86.5 Å². The number of nitrogens with one attached hydrogen (secondary N) is 1. The highest BCUT2D eigenvalue weighted by Gasteiger charge is 2.53. The first-order valence-electron chi connectivity index (χ1n) is 10.9. The molecule has 3 aromatic rings. The van der Waals surface area contributed by atoms with Gasteiger partial charge in [-0.05, 0) is 34.8 Å². The number of aromatic nitrogens is 1. The number of benzene rings is 1. The van der Waals surface area contributed by atoms with Gasteiger partial charge in [0, 0.05) is 18.0 Å². The summed E-state index contributed by atoms with van der Waals surface area (Å²) in [7, 11) is 0. The van der Waals surface area contributed by atoms with Crippen molar-refractivity contribution in [3.8, 4) is 0 Å². The minimum absolute atomic E-state index is 0.0810. The number of allylic oxidation sites excluding steroid dienone is 1. The fourth-order valence-electron chi connectivity index (χ4n) is 3.99. The van der Waals surface area contributed by atoms with E-state index < -0.39 is 23.3 Å². The molecule has 1 unspecified atom stereocenters. The van der Waals surface area contributed by atoms with Crippen molar-refractivity contribution in [2.45, 2.75) is 22.0 Å². The van der Waals surface area contributed by atoms with E-state index in [0.717, 1.165) is 9.77 Å². The summed E-state index contributed by atoms with van der Waals surface area (Å²) in [5.41, 5.74) is 1.12. The number of carbonyl (C=O) groups excluding carboxylic acids is 2. The zero-order valence-electron chi connectivity index (χ0n) is 18.6. The molecule has 5 rings (SSSR count). The lowest BCUT2D eigenvalue weighted by atomic mass is 10.0. The molecule has 4 heterocycles. The lowest BCUT2D eigenvalue weighted by molar-refractivity contribution is -0.150. The third-order valence-electron chi connectivity index (χ3n) is 5.66. The fourth-order valence-corrected chi connectivity index (χ4v) is 7.19. The van der Waals surface area contributed by atoms with Crippen molar-refractivity contribution in [1.82, 2.24) is 15.2 Å². The van der Waals surface area contributed by atoms with Gasteiger partial charge in [-0.2, -0.15) is 0 Å². The molecule has 0 radical (unpaired) electrons. The molecule has 2 aromatic heterocycles. The number of fused-ring (bicyclic) bond motifs is 2. The quantitative estimate of drug-likeness (QED) is 0.349. The van der Waals surface area contributed by atoms with Gasteiger partial charge in [-0.3, -0.25) is 19.3 Å². The number of pyridine rings is 1. The maximum absolute atomic E-state index is 12.8. The highest BCUT2D eigenvalue weighted by molar-refractivity contribution is 8.04. The normalized spacial score (nSPS) is 19.3. The van der Waals surface area contributed by atoms with Crippen LogP contribution in [0.4, 0.5) is 0 Å². The average molecular weight is 538 g/mol. The van der Waals surface area contributed by atoms with Crippen molar-refractivity contribution in [1.29, 1.82) is 0 Å². The molecule has 2 N–H and O–H groups in total. The van der Waals surface area contributed by atoms with E-state index in [1.165, 1.54) is 45.8 Å². The zero-order chi connectivity index (χ0) is 25.2. The van der Waals surface area contributed by atoms with E-state index in [9.17, 15) is 24.3 Å². The number of carboxylic acids is 1. The Hall–Kier alpha value is -3.41. The molecular formula is C25H19N3O5S3. The number of carboxylic acid groups (broad SMARTS) is 1. The van der Waals surface area contributed by atoms with E-state index in [1.807, 2.05) is 30.3 Å². The molecule has 2 aliphatic rings. The van der Waals surface area contributed by atoms with Crippen LogP contribution in [0.25, 0.3) is 10.2 Å². The Morgan fingerprint density at radius 2 is 2.00 bits per heavy atom. The smallest absolute Gasteiger partial charge is 0.352 e. The predicted octanol–water partition coefficient (Wildman–Crippen LogP) is 3.24. The van der Waals surface area contributed by atoms with Gasteiger partial charge in [0.25, 0.3) is 5.91 Å². The summed E-state index contributed by atoms with van der Waals surface area (Å²) in [6.45, 7) is 0. The van der Waals surface area contributed by atoms with Gasteiger partial charge in [0.1, 0.15) is 21.9 Å². The summed E-state index contributed by atoms with van der Waals surface area (Å²) >= 11 is 4.06. The van der Waals surface area contributed by atoms with Crippen molar-refractivity contribution in [2.75, 3.05) is 5.75 Å². The summed E-state index contributed by atoms with van der Waals surface area (Å²) < 4.78 is 0.725. The van der Waals surface area contributed by atoms with Crippen LogP contribution in [0, 0.1) is 0 Å². The van der Waals surface area contributed by atoms with Crippen LogP contribution < -0.4 is 10.7 Å². The van der Waals surface area contributed by atoms with Crippen LogP contribution >= 0.6 is 34.9 Å². The standard InChI is InChI=1S/C25H19N3O5S3/c29-17-12-19(36-22-16(17)7-4-9-26-22)34-10-8-15-13-35-24-20(23(31)28(24)21(15)25(32)33)27-18(30)11-14-5-2-1-3-6-14/h1-10,12,20,24H,11,13H2,(H,27,30)(H,32,33)/b10-8+/t20?,24-/m1/s1. The van der Waals surface area contributed by atoms with E-state index in [1.54, 1.807) is 29.8 Å². The van der Waals surface area contributed by atoms with Crippen molar-refractivity contribution >= 4 is 62.9 Å². The van der Waals surface area contributed by atoms with Gasteiger partial charge in [0.2, 0.25) is 5.91 Å². The molecule has 182 valence electrons. The molecule has 1 fully saturated rings. The maximum atomic E-state index is 12.8.